The fourth-order valence-corrected chi connectivity index (χ4v) is 4.35. The Balaban J connectivity index is 1.69. The van der Waals surface area contributed by atoms with Crippen molar-refractivity contribution in [2.75, 3.05) is 5.32 Å². The van der Waals surface area contributed by atoms with Crippen LogP contribution in [0.3, 0.4) is 0 Å². The molecule has 2 aromatic heterocycles. The van der Waals surface area contributed by atoms with Crippen molar-refractivity contribution < 1.29 is 4.79 Å². The molecule has 0 bridgehead atoms. The number of amides is 1. The molecule has 0 unspecified atom stereocenters. The summed E-state index contributed by atoms with van der Waals surface area (Å²) in [6.07, 6.45) is 0. The molecule has 0 aliphatic heterocycles. The molecular formula is C21H19N3O2S. The number of rotatable bonds is 3. The molecule has 0 fully saturated rings. The van der Waals surface area contributed by atoms with Gasteiger partial charge in [-0.3, -0.25) is 14.2 Å². The first kappa shape index (κ1) is 17.4. The molecule has 0 spiro atoms. The first-order chi connectivity index (χ1) is 13.0. The van der Waals surface area contributed by atoms with Gasteiger partial charge >= 0.3 is 0 Å². The normalized spacial score (nSPS) is 11.2. The maximum Gasteiger partial charge on any atom is 0.263 e. The SMILES string of the molecule is Cc1sc2nc(C)n(CC(=O)Nc3cccc4ccccc34)c(=O)c2c1C. The molecule has 6 heteroatoms. The standard InChI is InChI=1S/C21H19N3O2S/c1-12-13(2)27-20-19(12)21(26)24(14(3)22-20)11-18(25)23-17-10-6-8-15-7-4-5-9-16(15)17/h4-10H,11H2,1-3H3,(H,23,25). The summed E-state index contributed by atoms with van der Waals surface area (Å²) in [5.41, 5.74) is 1.52. The molecule has 0 aliphatic rings. The van der Waals surface area contributed by atoms with Crippen molar-refractivity contribution >= 4 is 43.9 Å². The van der Waals surface area contributed by atoms with Crippen LogP contribution in [0.25, 0.3) is 21.0 Å². The molecule has 27 heavy (non-hydrogen) atoms. The van der Waals surface area contributed by atoms with Crippen molar-refractivity contribution in [1.82, 2.24) is 9.55 Å². The van der Waals surface area contributed by atoms with Crippen molar-refractivity contribution in [2.45, 2.75) is 27.3 Å². The van der Waals surface area contributed by atoms with Crippen molar-refractivity contribution in [2.24, 2.45) is 0 Å². The van der Waals surface area contributed by atoms with E-state index in [0.717, 1.165) is 31.7 Å². The molecule has 0 atom stereocenters. The van der Waals surface area contributed by atoms with Crippen LogP contribution in [0.1, 0.15) is 16.3 Å². The van der Waals surface area contributed by atoms with Crippen molar-refractivity contribution in [3.63, 3.8) is 0 Å². The number of nitrogens with zero attached hydrogens (tertiary/aromatic N) is 2. The molecule has 0 saturated carbocycles. The summed E-state index contributed by atoms with van der Waals surface area (Å²) in [5.74, 6) is 0.295. The average Bonchev–Trinajstić information content (AvgIpc) is 2.93. The number of fused-ring (bicyclic) bond motifs is 2. The Hall–Kier alpha value is -2.99. The summed E-state index contributed by atoms with van der Waals surface area (Å²) in [5, 5.41) is 5.56. The topological polar surface area (TPSA) is 64.0 Å². The molecule has 136 valence electrons. The van der Waals surface area contributed by atoms with Crippen LogP contribution < -0.4 is 10.9 Å². The Kier molecular flexibility index (Phi) is 4.28. The maximum atomic E-state index is 12.9. The van der Waals surface area contributed by atoms with Gasteiger partial charge < -0.3 is 5.32 Å². The fourth-order valence-electron chi connectivity index (χ4n) is 3.28. The van der Waals surface area contributed by atoms with Crippen LogP contribution in [0.4, 0.5) is 5.69 Å². The van der Waals surface area contributed by atoms with Crippen LogP contribution in [0.5, 0.6) is 0 Å². The third kappa shape index (κ3) is 3.02. The number of nitrogens with one attached hydrogen (secondary N) is 1. The zero-order valence-electron chi connectivity index (χ0n) is 15.4. The third-order valence-electron chi connectivity index (χ3n) is 4.85. The van der Waals surface area contributed by atoms with Gasteiger partial charge in [-0.2, -0.15) is 0 Å². The van der Waals surface area contributed by atoms with Gasteiger partial charge in [0.25, 0.3) is 5.56 Å². The monoisotopic (exact) mass is 377 g/mol. The van der Waals surface area contributed by atoms with Crippen LogP contribution in [-0.2, 0) is 11.3 Å². The Labute approximate surface area is 160 Å². The van der Waals surface area contributed by atoms with E-state index in [4.69, 9.17) is 0 Å². The lowest BCUT2D eigenvalue weighted by Gasteiger charge is -2.12. The van der Waals surface area contributed by atoms with E-state index in [1.165, 1.54) is 15.9 Å². The average molecular weight is 377 g/mol. The molecule has 2 aromatic carbocycles. The predicted molar refractivity (Wildman–Crippen MR) is 111 cm³/mol. The molecule has 1 amide bonds. The van der Waals surface area contributed by atoms with Crippen LogP contribution in [0.15, 0.2) is 47.3 Å². The van der Waals surface area contributed by atoms with Crippen molar-refractivity contribution in [3.8, 4) is 0 Å². The molecule has 4 aromatic rings. The number of carbonyl (C=O) groups excluding carboxylic acids is 1. The summed E-state index contributed by atoms with van der Waals surface area (Å²) in [7, 11) is 0. The van der Waals surface area contributed by atoms with E-state index >= 15 is 0 Å². The second-order valence-electron chi connectivity index (χ2n) is 6.59. The number of aromatic nitrogens is 2. The molecule has 4 rings (SSSR count). The number of carbonyl (C=O) groups is 1. The summed E-state index contributed by atoms with van der Waals surface area (Å²) in [4.78, 5) is 31.9. The molecule has 5 nitrogen and oxygen atoms in total. The van der Waals surface area contributed by atoms with E-state index in [-0.39, 0.29) is 18.0 Å². The second-order valence-corrected chi connectivity index (χ2v) is 7.79. The van der Waals surface area contributed by atoms with Gasteiger partial charge in [-0.05, 0) is 37.8 Å². The van der Waals surface area contributed by atoms with Gasteiger partial charge in [0.05, 0.1) is 5.39 Å². The number of hydrogen-bond donors (Lipinski definition) is 1. The Morgan fingerprint density at radius 3 is 2.67 bits per heavy atom. The first-order valence-electron chi connectivity index (χ1n) is 8.70. The van der Waals surface area contributed by atoms with Crippen LogP contribution in [0, 0.1) is 20.8 Å². The molecule has 0 aliphatic carbocycles. The minimum Gasteiger partial charge on any atom is -0.324 e. The minimum absolute atomic E-state index is 0.0643. The van der Waals surface area contributed by atoms with E-state index in [1.807, 2.05) is 56.3 Å². The minimum atomic E-state index is -0.248. The van der Waals surface area contributed by atoms with Gasteiger partial charge in [0.2, 0.25) is 5.91 Å². The first-order valence-corrected chi connectivity index (χ1v) is 9.52. The molecule has 0 saturated heterocycles. The highest BCUT2D eigenvalue weighted by Gasteiger charge is 2.16. The van der Waals surface area contributed by atoms with Gasteiger partial charge in [0, 0.05) is 16.0 Å². The largest absolute Gasteiger partial charge is 0.324 e. The lowest BCUT2D eigenvalue weighted by atomic mass is 10.1. The van der Waals surface area contributed by atoms with Gasteiger partial charge in [-0.15, -0.1) is 11.3 Å². The number of thiophene rings is 1. The van der Waals surface area contributed by atoms with Crippen LogP contribution >= 0.6 is 11.3 Å². The number of aryl methyl sites for hydroxylation is 3. The third-order valence-corrected chi connectivity index (χ3v) is 5.95. The van der Waals surface area contributed by atoms with E-state index in [9.17, 15) is 9.59 Å². The smallest absolute Gasteiger partial charge is 0.263 e. The second kappa shape index (κ2) is 6.63. The molecular weight excluding hydrogens is 358 g/mol. The lowest BCUT2D eigenvalue weighted by Crippen LogP contribution is -2.30. The van der Waals surface area contributed by atoms with Gasteiger partial charge in [0.15, 0.2) is 0 Å². The molecule has 0 radical (unpaired) electrons. The van der Waals surface area contributed by atoms with Gasteiger partial charge in [0.1, 0.15) is 17.2 Å². The van der Waals surface area contributed by atoms with Gasteiger partial charge in [-0.1, -0.05) is 36.4 Å². The maximum absolute atomic E-state index is 12.9. The summed E-state index contributed by atoms with van der Waals surface area (Å²) in [6, 6.07) is 13.6. The van der Waals surface area contributed by atoms with Crippen molar-refractivity contribution in [1.29, 1.82) is 0 Å². The highest BCUT2D eigenvalue weighted by Crippen LogP contribution is 2.26. The van der Waals surface area contributed by atoms with Gasteiger partial charge in [-0.25, -0.2) is 4.98 Å². The molecule has 1 N–H and O–H groups in total. The number of anilines is 1. The highest BCUT2D eigenvalue weighted by molar-refractivity contribution is 7.18. The van der Waals surface area contributed by atoms with Crippen LogP contribution in [-0.4, -0.2) is 15.5 Å². The van der Waals surface area contributed by atoms with Crippen molar-refractivity contribution in [3.05, 3.63) is 69.1 Å². The highest BCUT2D eigenvalue weighted by atomic mass is 32.1. The van der Waals surface area contributed by atoms with E-state index in [2.05, 4.69) is 10.3 Å². The number of hydrogen-bond acceptors (Lipinski definition) is 4. The van der Waals surface area contributed by atoms with Crippen LogP contribution in [0.2, 0.25) is 0 Å². The predicted octanol–water partition coefficient (Wildman–Crippen LogP) is 4.18. The van der Waals surface area contributed by atoms with E-state index in [1.54, 1.807) is 6.92 Å². The summed E-state index contributed by atoms with van der Waals surface area (Å²) >= 11 is 1.51. The van der Waals surface area contributed by atoms with E-state index in [0.29, 0.717) is 11.2 Å². The van der Waals surface area contributed by atoms with E-state index < -0.39 is 0 Å². The molecule has 2 heterocycles. The zero-order chi connectivity index (χ0) is 19.1. The summed E-state index contributed by atoms with van der Waals surface area (Å²) in [6.45, 7) is 5.60. The zero-order valence-corrected chi connectivity index (χ0v) is 16.2. The number of benzene rings is 2. The Morgan fingerprint density at radius 2 is 1.85 bits per heavy atom. The quantitative estimate of drug-likeness (QED) is 0.583. The summed E-state index contributed by atoms with van der Waals surface area (Å²) < 4.78 is 1.45. The fraction of sp³-hybridized carbons (Fsp3) is 0.190. The Morgan fingerprint density at radius 1 is 1.11 bits per heavy atom. The lowest BCUT2D eigenvalue weighted by molar-refractivity contribution is -0.116. The Bertz CT molecular complexity index is 1250.